The third kappa shape index (κ3) is 2.40. The first-order valence-corrected chi connectivity index (χ1v) is 8.65. The van der Waals surface area contributed by atoms with E-state index < -0.39 is 0 Å². The Morgan fingerprint density at radius 3 is 2.92 bits per heavy atom. The lowest BCUT2D eigenvalue weighted by Crippen LogP contribution is -2.35. The molecule has 1 aliphatic heterocycles. The monoisotopic (exact) mass is 343 g/mol. The molecule has 3 aromatic heterocycles. The Bertz CT molecular complexity index is 1100. The molecule has 128 valence electrons. The van der Waals surface area contributed by atoms with E-state index >= 15 is 0 Å². The highest BCUT2D eigenvalue weighted by Gasteiger charge is 2.22. The van der Waals surface area contributed by atoms with Gasteiger partial charge in [-0.25, -0.2) is 4.98 Å². The average molecular weight is 343 g/mol. The molecule has 5 heteroatoms. The Balaban J connectivity index is 1.49. The Kier molecular flexibility index (Phi) is 3.38. The van der Waals surface area contributed by atoms with Gasteiger partial charge in [0, 0.05) is 42.0 Å². The van der Waals surface area contributed by atoms with Crippen molar-refractivity contribution in [2.75, 3.05) is 6.54 Å². The second-order valence-electron chi connectivity index (χ2n) is 6.58. The van der Waals surface area contributed by atoms with Crippen molar-refractivity contribution in [3.63, 3.8) is 0 Å². The van der Waals surface area contributed by atoms with E-state index in [0.717, 1.165) is 35.1 Å². The van der Waals surface area contributed by atoms with Crippen molar-refractivity contribution in [2.24, 2.45) is 0 Å². The van der Waals surface area contributed by atoms with Gasteiger partial charge in [-0.15, -0.1) is 0 Å². The molecule has 0 saturated carbocycles. The number of carbonyl (C=O) groups excluding carboxylic acids is 1. The summed E-state index contributed by atoms with van der Waals surface area (Å²) in [5, 5.41) is 0.926. The molecule has 4 aromatic rings. The number of carbonyl (C=O) groups is 1. The van der Waals surface area contributed by atoms with Crippen LogP contribution in [0.3, 0.4) is 0 Å². The first kappa shape index (κ1) is 15.0. The molecule has 0 atom stereocenters. The largest absolute Gasteiger partial charge is 0.472 e. The van der Waals surface area contributed by atoms with E-state index in [1.165, 1.54) is 11.1 Å². The lowest BCUT2D eigenvalue weighted by Gasteiger charge is -2.28. The predicted molar refractivity (Wildman–Crippen MR) is 98.7 cm³/mol. The first-order chi connectivity index (χ1) is 12.8. The van der Waals surface area contributed by atoms with Crippen LogP contribution in [0.1, 0.15) is 21.5 Å². The number of rotatable bonds is 2. The highest BCUT2D eigenvalue weighted by molar-refractivity contribution is 6.01. The first-order valence-electron chi connectivity index (χ1n) is 8.65. The van der Waals surface area contributed by atoms with Crippen molar-refractivity contribution in [3.05, 3.63) is 78.0 Å². The van der Waals surface area contributed by atoms with Crippen LogP contribution < -0.4 is 0 Å². The van der Waals surface area contributed by atoms with Crippen molar-refractivity contribution in [2.45, 2.75) is 13.0 Å². The van der Waals surface area contributed by atoms with Gasteiger partial charge < -0.3 is 14.3 Å². The number of aromatic nitrogens is 2. The number of pyridine rings is 1. The zero-order chi connectivity index (χ0) is 17.5. The molecule has 5 nitrogen and oxygen atoms in total. The van der Waals surface area contributed by atoms with Crippen molar-refractivity contribution >= 4 is 16.9 Å². The molecule has 1 aromatic carbocycles. The van der Waals surface area contributed by atoms with E-state index in [1.54, 1.807) is 18.7 Å². The summed E-state index contributed by atoms with van der Waals surface area (Å²) in [5.41, 5.74) is 5.89. The number of benzene rings is 1. The van der Waals surface area contributed by atoms with Gasteiger partial charge in [-0.1, -0.05) is 24.3 Å². The van der Waals surface area contributed by atoms with Gasteiger partial charge in [0.05, 0.1) is 18.1 Å². The van der Waals surface area contributed by atoms with Crippen molar-refractivity contribution in [1.82, 2.24) is 14.9 Å². The van der Waals surface area contributed by atoms with E-state index in [-0.39, 0.29) is 5.91 Å². The van der Waals surface area contributed by atoms with E-state index in [1.807, 2.05) is 29.3 Å². The van der Waals surface area contributed by atoms with E-state index in [9.17, 15) is 4.79 Å². The molecule has 1 amide bonds. The third-order valence-corrected chi connectivity index (χ3v) is 5.03. The van der Waals surface area contributed by atoms with Crippen LogP contribution in [0.15, 0.2) is 65.7 Å². The molecule has 0 radical (unpaired) electrons. The maximum atomic E-state index is 13.0. The van der Waals surface area contributed by atoms with E-state index in [2.05, 4.69) is 28.2 Å². The molecule has 0 spiro atoms. The molecule has 5 rings (SSSR count). The van der Waals surface area contributed by atoms with Crippen LogP contribution in [-0.4, -0.2) is 27.3 Å². The number of fused-ring (bicyclic) bond motifs is 2. The molecule has 1 aliphatic rings. The number of furan rings is 1. The summed E-state index contributed by atoms with van der Waals surface area (Å²) in [7, 11) is 0. The molecule has 0 saturated heterocycles. The maximum Gasteiger partial charge on any atom is 0.255 e. The minimum atomic E-state index is 0.0215. The molecule has 0 aliphatic carbocycles. The van der Waals surface area contributed by atoms with Crippen LogP contribution in [0.25, 0.3) is 22.2 Å². The molecular formula is C21H17N3O2. The number of amides is 1. The standard InChI is InChI=1S/C21H17N3O2/c25-21(24-7-5-14-3-1-2-4-15(14)12-24)17-9-18-19(16-6-8-26-13-16)11-23-20(18)22-10-17/h1-4,6,8-11,13H,5,7,12H2,(H,22,23). The summed E-state index contributed by atoms with van der Waals surface area (Å²) < 4.78 is 5.18. The molecule has 26 heavy (non-hydrogen) atoms. The van der Waals surface area contributed by atoms with Gasteiger partial charge in [0.15, 0.2) is 0 Å². The van der Waals surface area contributed by atoms with Crippen LogP contribution >= 0.6 is 0 Å². The summed E-state index contributed by atoms with van der Waals surface area (Å²) in [5.74, 6) is 0.0215. The van der Waals surface area contributed by atoms with E-state index in [4.69, 9.17) is 4.42 Å². The van der Waals surface area contributed by atoms with Crippen LogP contribution in [-0.2, 0) is 13.0 Å². The second kappa shape index (κ2) is 5.88. The number of hydrogen-bond acceptors (Lipinski definition) is 3. The number of H-pyrrole nitrogens is 1. The summed E-state index contributed by atoms with van der Waals surface area (Å²) in [6, 6.07) is 12.1. The Labute approximate surface area is 150 Å². The van der Waals surface area contributed by atoms with Gasteiger partial charge in [-0.3, -0.25) is 4.79 Å². The van der Waals surface area contributed by atoms with Crippen LogP contribution in [0.5, 0.6) is 0 Å². The lowest BCUT2D eigenvalue weighted by molar-refractivity contribution is 0.0734. The Morgan fingerprint density at radius 1 is 1.19 bits per heavy atom. The zero-order valence-corrected chi connectivity index (χ0v) is 14.1. The minimum Gasteiger partial charge on any atom is -0.472 e. The highest BCUT2D eigenvalue weighted by Crippen LogP contribution is 2.29. The lowest BCUT2D eigenvalue weighted by atomic mass is 9.99. The predicted octanol–water partition coefficient (Wildman–Crippen LogP) is 4.02. The Hall–Kier alpha value is -3.34. The van der Waals surface area contributed by atoms with E-state index in [0.29, 0.717) is 12.1 Å². The number of hydrogen-bond donors (Lipinski definition) is 1. The topological polar surface area (TPSA) is 62.1 Å². The van der Waals surface area contributed by atoms with Crippen LogP contribution in [0.4, 0.5) is 0 Å². The SMILES string of the molecule is O=C(c1cnc2[nH]cc(-c3ccoc3)c2c1)N1CCc2ccccc2C1. The molecule has 0 fully saturated rings. The van der Waals surface area contributed by atoms with Gasteiger partial charge >= 0.3 is 0 Å². The van der Waals surface area contributed by atoms with Crippen LogP contribution in [0.2, 0.25) is 0 Å². The van der Waals surface area contributed by atoms with Crippen molar-refractivity contribution in [1.29, 1.82) is 0 Å². The van der Waals surface area contributed by atoms with Crippen molar-refractivity contribution < 1.29 is 9.21 Å². The maximum absolute atomic E-state index is 13.0. The summed E-state index contributed by atoms with van der Waals surface area (Å²) in [4.78, 5) is 22.5. The molecule has 4 heterocycles. The van der Waals surface area contributed by atoms with Gasteiger partial charge in [0.1, 0.15) is 5.65 Å². The second-order valence-corrected chi connectivity index (χ2v) is 6.58. The van der Waals surface area contributed by atoms with Crippen molar-refractivity contribution in [3.8, 4) is 11.1 Å². The fourth-order valence-electron chi connectivity index (χ4n) is 3.63. The fourth-order valence-corrected chi connectivity index (χ4v) is 3.63. The molecule has 1 N–H and O–H groups in total. The molecular weight excluding hydrogens is 326 g/mol. The number of nitrogens with zero attached hydrogens (tertiary/aromatic N) is 2. The van der Waals surface area contributed by atoms with Gasteiger partial charge in [0.2, 0.25) is 0 Å². The van der Waals surface area contributed by atoms with Crippen LogP contribution in [0, 0.1) is 0 Å². The number of nitrogens with one attached hydrogen (secondary N) is 1. The third-order valence-electron chi connectivity index (χ3n) is 5.03. The van der Waals surface area contributed by atoms with Gasteiger partial charge in [-0.05, 0) is 29.7 Å². The smallest absolute Gasteiger partial charge is 0.255 e. The molecule has 0 unspecified atom stereocenters. The average Bonchev–Trinajstić information content (AvgIpc) is 3.35. The zero-order valence-electron chi connectivity index (χ0n) is 14.1. The minimum absolute atomic E-state index is 0.0215. The highest BCUT2D eigenvalue weighted by atomic mass is 16.3. The summed E-state index contributed by atoms with van der Waals surface area (Å²) in [6.07, 6.45) is 7.78. The number of aromatic amines is 1. The molecule has 0 bridgehead atoms. The van der Waals surface area contributed by atoms with Gasteiger partial charge in [-0.2, -0.15) is 0 Å². The fraction of sp³-hybridized carbons (Fsp3) is 0.143. The Morgan fingerprint density at radius 2 is 2.08 bits per heavy atom. The quantitative estimate of drug-likeness (QED) is 0.598. The summed E-state index contributed by atoms with van der Waals surface area (Å²) >= 11 is 0. The van der Waals surface area contributed by atoms with Gasteiger partial charge in [0.25, 0.3) is 5.91 Å². The normalized spacial score (nSPS) is 13.8. The summed E-state index contributed by atoms with van der Waals surface area (Å²) in [6.45, 7) is 1.38.